The van der Waals surface area contributed by atoms with Gasteiger partial charge in [-0.1, -0.05) is 26.8 Å². The summed E-state index contributed by atoms with van der Waals surface area (Å²) in [6, 6.07) is 4.85. The van der Waals surface area contributed by atoms with Crippen molar-refractivity contribution in [3.8, 4) is 0 Å². The molecule has 0 radical (unpaired) electrons. The molecule has 1 unspecified atom stereocenters. The summed E-state index contributed by atoms with van der Waals surface area (Å²) in [6.07, 6.45) is 0. The Hall–Kier alpha value is -0.380. The van der Waals surface area contributed by atoms with Gasteiger partial charge in [0.25, 0.3) is 0 Å². The number of hydrogen-bond acceptors (Lipinski definition) is 4. The molecule has 0 aliphatic carbocycles. The third kappa shape index (κ3) is 6.98. The first kappa shape index (κ1) is 23.7. The number of hydrogen-bond donors (Lipinski definition) is 2. The van der Waals surface area contributed by atoms with Gasteiger partial charge < -0.3 is 15.5 Å². The maximum absolute atomic E-state index is 4.39. The Morgan fingerprint density at radius 1 is 1.27 bits per heavy atom. The number of rotatable bonds is 7. The second-order valence-electron chi connectivity index (χ2n) is 7.49. The molecule has 1 atom stereocenters. The van der Waals surface area contributed by atoms with Crippen molar-refractivity contribution < 1.29 is 0 Å². The SMILES string of the molecule is CCN1CCN(C(C)CNC(=NC)NCC(C)(C)c2cccs2)CC1.I. The molecule has 1 fully saturated rings. The van der Waals surface area contributed by atoms with Crippen LogP contribution in [0.3, 0.4) is 0 Å². The van der Waals surface area contributed by atoms with Crippen LogP contribution in [-0.2, 0) is 5.41 Å². The van der Waals surface area contributed by atoms with Crippen LogP contribution in [0, 0.1) is 0 Å². The zero-order valence-electron chi connectivity index (χ0n) is 16.9. The third-order valence-electron chi connectivity index (χ3n) is 5.15. The molecule has 1 aliphatic heterocycles. The summed E-state index contributed by atoms with van der Waals surface area (Å²) in [5.41, 5.74) is 0.105. The molecule has 0 amide bonds. The van der Waals surface area contributed by atoms with Crippen molar-refractivity contribution in [3.05, 3.63) is 22.4 Å². The van der Waals surface area contributed by atoms with E-state index in [0.717, 1.165) is 38.7 Å². The van der Waals surface area contributed by atoms with Crippen LogP contribution in [0.4, 0.5) is 0 Å². The molecule has 1 aliphatic rings. The van der Waals surface area contributed by atoms with Crippen molar-refractivity contribution in [3.63, 3.8) is 0 Å². The summed E-state index contributed by atoms with van der Waals surface area (Å²) < 4.78 is 0. The number of aliphatic imine (C=N–C) groups is 1. The van der Waals surface area contributed by atoms with Gasteiger partial charge >= 0.3 is 0 Å². The van der Waals surface area contributed by atoms with Crippen molar-refractivity contribution in [1.29, 1.82) is 0 Å². The van der Waals surface area contributed by atoms with Crippen molar-refractivity contribution >= 4 is 41.3 Å². The van der Waals surface area contributed by atoms with E-state index in [4.69, 9.17) is 0 Å². The van der Waals surface area contributed by atoms with Crippen molar-refractivity contribution in [2.75, 3.05) is 52.9 Å². The van der Waals surface area contributed by atoms with Gasteiger partial charge in [0, 0.05) is 62.7 Å². The maximum atomic E-state index is 4.39. The predicted octanol–water partition coefficient (Wildman–Crippen LogP) is 2.83. The molecular formula is C19H36IN5S. The van der Waals surface area contributed by atoms with Crippen LogP contribution in [0.1, 0.15) is 32.6 Å². The Morgan fingerprint density at radius 3 is 2.50 bits per heavy atom. The summed E-state index contributed by atoms with van der Waals surface area (Å²) >= 11 is 1.82. The Bertz CT molecular complexity index is 524. The number of nitrogens with one attached hydrogen (secondary N) is 2. The number of likely N-dealkylation sites (N-methyl/N-ethyl adjacent to an activating group) is 1. The second kappa shape index (κ2) is 11.5. The van der Waals surface area contributed by atoms with E-state index in [-0.39, 0.29) is 29.4 Å². The van der Waals surface area contributed by atoms with Crippen LogP contribution in [0.2, 0.25) is 0 Å². The number of guanidine groups is 1. The van der Waals surface area contributed by atoms with Crippen LogP contribution >= 0.6 is 35.3 Å². The average Bonchev–Trinajstić information content (AvgIpc) is 3.17. The minimum atomic E-state index is 0. The van der Waals surface area contributed by atoms with Gasteiger partial charge in [0.2, 0.25) is 0 Å². The molecule has 150 valence electrons. The fourth-order valence-corrected chi connectivity index (χ4v) is 4.02. The predicted molar refractivity (Wildman–Crippen MR) is 125 cm³/mol. The van der Waals surface area contributed by atoms with E-state index in [9.17, 15) is 0 Å². The largest absolute Gasteiger partial charge is 0.356 e. The Kier molecular flexibility index (Phi) is 10.4. The fraction of sp³-hybridized carbons (Fsp3) is 0.737. The molecule has 7 heteroatoms. The molecule has 1 aromatic heterocycles. The molecule has 0 spiro atoms. The molecule has 1 saturated heterocycles. The summed E-state index contributed by atoms with van der Waals surface area (Å²) in [7, 11) is 1.85. The fourth-order valence-electron chi connectivity index (χ4n) is 3.17. The Balaban J connectivity index is 0.00000338. The zero-order chi connectivity index (χ0) is 18.3. The number of nitrogens with zero attached hydrogens (tertiary/aromatic N) is 3. The standard InChI is InChI=1S/C19H35N5S.HI/c1-6-23-9-11-24(12-10-23)16(2)14-21-18(20-5)22-15-19(3,4)17-8-7-13-25-17;/h7-8,13,16H,6,9-12,14-15H2,1-5H3,(H2,20,21,22);1H. The van der Waals surface area contributed by atoms with Crippen molar-refractivity contribution in [2.24, 2.45) is 4.99 Å². The second-order valence-corrected chi connectivity index (χ2v) is 8.43. The highest BCUT2D eigenvalue weighted by atomic mass is 127. The molecule has 5 nitrogen and oxygen atoms in total. The molecule has 0 aromatic carbocycles. The molecule has 2 heterocycles. The topological polar surface area (TPSA) is 42.9 Å². The minimum absolute atomic E-state index is 0. The van der Waals surface area contributed by atoms with E-state index in [2.05, 4.69) is 70.6 Å². The molecule has 0 saturated carbocycles. The molecular weight excluding hydrogens is 457 g/mol. The van der Waals surface area contributed by atoms with Gasteiger partial charge in [-0.25, -0.2) is 0 Å². The van der Waals surface area contributed by atoms with Gasteiger partial charge in [-0.3, -0.25) is 9.89 Å². The van der Waals surface area contributed by atoms with E-state index < -0.39 is 0 Å². The lowest BCUT2D eigenvalue weighted by Gasteiger charge is -2.37. The van der Waals surface area contributed by atoms with Crippen LogP contribution in [-0.4, -0.2) is 74.7 Å². The molecule has 26 heavy (non-hydrogen) atoms. The zero-order valence-corrected chi connectivity index (χ0v) is 20.1. The van der Waals surface area contributed by atoms with E-state index in [1.807, 2.05) is 18.4 Å². The van der Waals surface area contributed by atoms with Gasteiger partial charge in [0.1, 0.15) is 0 Å². The van der Waals surface area contributed by atoms with Gasteiger partial charge in [-0.05, 0) is 24.9 Å². The van der Waals surface area contributed by atoms with E-state index in [1.54, 1.807) is 0 Å². The summed E-state index contributed by atoms with van der Waals surface area (Å²) in [5, 5.41) is 9.13. The third-order valence-corrected chi connectivity index (χ3v) is 6.39. The van der Waals surface area contributed by atoms with Gasteiger partial charge in [0.05, 0.1) is 0 Å². The van der Waals surface area contributed by atoms with Gasteiger partial charge in [0.15, 0.2) is 5.96 Å². The number of halogens is 1. The van der Waals surface area contributed by atoms with Crippen molar-refractivity contribution in [2.45, 2.75) is 39.2 Å². The number of thiophene rings is 1. The van der Waals surface area contributed by atoms with Gasteiger partial charge in [-0.15, -0.1) is 35.3 Å². The van der Waals surface area contributed by atoms with E-state index >= 15 is 0 Å². The van der Waals surface area contributed by atoms with Crippen LogP contribution in [0.15, 0.2) is 22.5 Å². The van der Waals surface area contributed by atoms with E-state index in [1.165, 1.54) is 18.0 Å². The Morgan fingerprint density at radius 2 is 1.96 bits per heavy atom. The highest BCUT2D eigenvalue weighted by Crippen LogP contribution is 2.26. The average molecular weight is 494 g/mol. The van der Waals surface area contributed by atoms with Crippen LogP contribution in [0.5, 0.6) is 0 Å². The molecule has 2 N–H and O–H groups in total. The van der Waals surface area contributed by atoms with E-state index in [0.29, 0.717) is 6.04 Å². The first-order chi connectivity index (χ1) is 12.0. The van der Waals surface area contributed by atoms with Gasteiger partial charge in [-0.2, -0.15) is 0 Å². The first-order valence-electron chi connectivity index (χ1n) is 9.41. The molecule has 2 rings (SSSR count). The summed E-state index contributed by atoms with van der Waals surface area (Å²) in [4.78, 5) is 10.9. The highest BCUT2D eigenvalue weighted by Gasteiger charge is 2.23. The summed E-state index contributed by atoms with van der Waals surface area (Å²) in [5.74, 6) is 0.892. The molecule has 0 bridgehead atoms. The highest BCUT2D eigenvalue weighted by molar-refractivity contribution is 14.0. The minimum Gasteiger partial charge on any atom is -0.356 e. The number of piperazine rings is 1. The first-order valence-corrected chi connectivity index (χ1v) is 10.3. The normalized spacial score (nSPS) is 18.3. The quantitative estimate of drug-likeness (QED) is 0.349. The lowest BCUT2D eigenvalue weighted by atomic mass is 9.91. The monoisotopic (exact) mass is 493 g/mol. The lowest BCUT2D eigenvalue weighted by molar-refractivity contribution is 0.107. The maximum Gasteiger partial charge on any atom is 0.191 e. The lowest BCUT2D eigenvalue weighted by Crippen LogP contribution is -2.53. The van der Waals surface area contributed by atoms with Crippen LogP contribution < -0.4 is 10.6 Å². The summed E-state index contributed by atoms with van der Waals surface area (Å²) in [6.45, 7) is 16.7. The smallest absolute Gasteiger partial charge is 0.191 e. The van der Waals surface area contributed by atoms with Crippen LogP contribution in [0.25, 0.3) is 0 Å². The molecule has 1 aromatic rings. The van der Waals surface area contributed by atoms with Crippen molar-refractivity contribution in [1.82, 2.24) is 20.4 Å². The Labute approximate surface area is 180 Å².